The summed E-state index contributed by atoms with van der Waals surface area (Å²) in [6, 6.07) is 6.83. The number of morpholine rings is 1. The standard InChI is InChI=1S/C15H20FNO3/c1-19-15(18)10-13-11-17(8-9-20-13)7-6-12-4-2-3-5-14(12)16/h2-5,13H,6-11H2,1H3/t13-/m1/s1. The number of hydrogen-bond acceptors (Lipinski definition) is 4. The van der Waals surface area contributed by atoms with E-state index in [0.29, 0.717) is 19.6 Å². The topological polar surface area (TPSA) is 38.8 Å². The van der Waals surface area contributed by atoms with Gasteiger partial charge in [-0.1, -0.05) is 18.2 Å². The Morgan fingerprint density at radius 2 is 2.30 bits per heavy atom. The quantitative estimate of drug-likeness (QED) is 0.769. The Bertz CT molecular complexity index is 452. The third kappa shape index (κ3) is 4.28. The monoisotopic (exact) mass is 281 g/mol. The van der Waals surface area contributed by atoms with Crippen molar-refractivity contribution in [2.24, 2.45) is 0 Å². The van der Waals surface area contributed by atoms with Crippen LogP contribution in [0.25, 0.3) is 0 Å². The highest BCUT2D eigenvalue weighted by Crippen LogP contribution is 2.12. The van der Waals surface area contributed by atoms with E-state index in [4.69, 9.17) is 4.74 Å². The molecule has 1 aromatic carbocycles. The Balaban J connectivity index is 1.81. The number of carbonyl (C=O) groups is 1. The fourth-order valence-corrected chi connectivity index (χ4v) is 2.36. The van der Waals surface area contributed by atoms with Crippen LogP contribution in [0.5, 0.6) is 0 Å². The van der Waals surface area contributed by atoms with Gasteiger partial charge in [-0.3, -0.25) is 9.69 Å². The lowest BCUT2D eigenvalue weighted by Crippen LogP contribution is -2.44. The highest BCUT2D eigenvalue weighted by molar-refractivity contribution is 5.69. The Morgan fingerprint density at radius 3 is 3.05 bits per heavy atom. The van der Waals surface area contributed by atoms with Crippen LogP contribution < -0.4 is 0 Å². The lowest BCUT2D eigenvalue weighted by atomic mass is 10.1. The van der Waals surface area contributed by atoms with Gasteiger partial charge in [0.2, 0.25) is 0 Å². The van der Waals surface area contributed by atoms with E-state index in [0.717, 1.165) is 18.7 Å². The number of benzene rings is 1. The van der Waals surface area contributed by atoms with Crippen molar-refractivity contribution < 1.29 is 18.7 Å². The van der Waals surface area contributed by atoms with Gasteiger partial charge in [-0.15, -0.1) is 0 Å². The van der Waals surface area contributed by atoms with Gasteiger partial charge in [0.15, 0.2) is 0 Å². The summed E-state index contributed by atoms with van der Waals surface area (Å²) in [6.45, 7) is 2.86. The molecule has 0 aliphatic carbocycles. The van der Waals surface area contributed by atoms with Crippen molar-refractivity contribution in [3.8, 4) is 0 Å². The van der Waals surface area contributed by atoms with Crippen molar-refractivity contribution in [3.63, 3.8) is 0 Å². The first-order chi connectivity index (χ1) is 9.69. The summed E-state index contributed by atoms with van der Waals surface area (Å²) in [4.78, 5) is 13.4. The van der Waals surface area contributed by atoms with Crippen LogP contribution in [0.1, 0.15) is 12.0 Å². The maximum Gasteiger partial charge on any atom is 0.308 e. The van der Waals surface area contributed by atoms with Gasteiger partial charge in [-0.25, -0.2) is 4.39 Å². The zero-order chi connectivity index (χ0) is 14.4. The maximum absolute atomic E-state index is 13.5. The molecule has 2 rings (SSSR count). The van der Waals surface area contributed by atoms with Gasteiger partial charge in [-0.05, 0) is 18.1 Å². The first kappa shape index (κ1) is 14.9. The summed E-state index contributed by atoms with van der Waals surface area (Å²) in [5.41, 5.74) is 0.725. The third-order valence-electron chi connectivity index (χ3n) is 3.50. The van der Waals surface area contributed by atoms with E-state index in [1.165, 1.54) is 13.2 Å². The van der Waals surface area contributed by atoms with E-state index >= 15 is 0 Å². The molecule has 1 aliphatic rings. The molecule has 0 spiro atoms. The van der Waals surface area contributed by atoms with Crippen molar-refractivity contribution >= 4 is 5.97 Å². The van der Waals surface area contributed by atoms with Crippen LogP contribution in [0.3, 0.4) is 0 Å². The van der Waals surface area contributed by atoms with E-state index in [-0.39, 0.29) is 24.3 Å². The van der Waals surface area contributed by atoms with Crippen molar-refractivity contribution in [3.05, 3.63) is 35.6 Å². The number of halogens is 1. The molecule has 0 saturated carbocycles. The van der Waals surface area contributed by atoms with Crippen LogP contribution in [0.4, 0.5) is 4.39 Å². The molecule has 1 saturated heterocycles. The van der Waals surface area contributed by atoms with Crippen molar-refractivity contribution in [2.75, 3.05) is 33.4 Å². The van der Waals surface area contributed by atoms with Gasteiger partial charge in [0.25, 0.3) is 0 Å². The van der Waals surface area contributed by atoms with Crippen LogP contribution >= 0.6 is 0 Å². The molecule has 1 atom stereocenters. The summed E-state index contributed by atoms with van der Waals surface area (Å²) in [5.74, 6) is -0.419. The summed E-state index contributed by atoms with van der Waals surface area (Å²) in [5, 5.41) is 0. The fraction of sp³-hybridized carbons (Fsp3) is 0.533. The smallest absolute Gasteiger partial charge is 0.308 e. The predicted octanol–water partition coefficient (Wildman–Crippen LogP) is 1.63. The summed E-state index contributed by atoms with van der Waals surface area (Å²) >= 11 is 0. The van der Waals surface area contributed by atoms with Crippen molar-refractivity contribution in [2.45, 2.75) is 18.9 Å². The van der Waals surface area contributed by atoms with E-state index in [9.17, 15) is 9.18 Å². The van der Waals surface area contributed by atoms with Gasteiger partial charge in [0, 0.05) is 19.6 Å². The second-order valence-corrected chi connectivity index (χ2v) is 4.92. The van der Waals surface area contributed by atoms with Crippen LogP contribution in [0, 0.1) is 5.82 Å². The molecular weight excluding hydrogens is 261 g/mol. The van der Waals surface area contributed by atoms with Crippen molar-refractivity contribution in [1.29, 1.82) is 0 Å². The van der Waals surface area contributed by atoms with Gasteiger partial charge in [0.1, 0.15) is 5.82 Å². The molecule has 1 aromatic rings. The zero-order valence-electron chi connectivity index (χ0n) is 11.7. The molecule has 110 valence electrons. The number of rotatable bonds is 5. The van der Waals surface area contributed by atoms with Crippen LogP contribution in [0.15, 0.2) is 24.3 Å². The van der Waals surface area contributed by atoms with Crippen LogP contribution in [-0.4, -0.2) is 50.3 Å². The average molecular weight is 281 g/mol. The Hall–Kier alpha value is -1.46. The summed E-state index contributed by atoms with van der Waals surface area (Å²) < 4.78 is 23.7. The minimum absolute atomic E-state index is 0.128. The normalized spacial score (nSPS) is 19.8. The Kier molecular flexibility index (Phi) is 5.49. The molecule has 5 heteroatoms. The molecule has 1 heterocycles. The van der Waals surface area contributed by atoms with E-state index in [2.05, 4.69) is 9.64 Å². The van der Waals surface area contributed by atoms with E-state index in [1.54, 1.807) is 6.07 Å². The molecule has 0 radical (unpaired) electrons. The van der Waals surface area contributed by atoms with Gasteiger partial charge in [-0.2, -0.15) is 0 Å². The molecule has 0 aromatic heterocycles. The predicted molar refractivity (Wildman–Crippen MR) is 72.9 cm³/mol. The SMILES string of the molecule is COC(=O)C[C@@H]1CN(CCc2ccccc2F)CCO1. The second kappa shape index (κ2) is 7.36. The molecular formula is C15H20FNO3. The van der Waals surface area contributed by atoms with E-state index in [1.807, 2.05) is 12.1 Å². The van der Waals surface area contributed by atoms with E-state index < -0.39 is 0 Å². The maximum atomic E-state index is 13.5. The minimum atomic E-state index is -0.258. The number of methoxy groups -OCH3 is 1. The Labute approximate surface area is 118 Å². The average Bonchev–Trinajstić information content (AvgIpc) is 2.47. The molecule has 0 bridgehead atoms. The number of esters is 1. The molecule has 0 N–H and O–H groups in total. The van der Waals surface area contributed by atoms with Crippen molar-refractivity contribution in [1.82, 2.24) is 4.90 Å². The first-order valence-electron chi connectivity index (χ1n) is 6.83. The Morgan fingerprint density at radius 1 is 1.50 bits per heavy atom. The highest BCUT2D eigenvalue weighted by Gasteiger charge is 2.23. The highest BCUT2D eigenvalue weighted by atomic mass is 19.1. The largest absolute Gasteiger partial charge is 0.469 e. The third-order valence-corrected chi connectivity index (χ3v) is 3.50. The summed E-state index contributed by atoms with van der Waals surface area (Å²) in [6.07, 6.45) is 0.807. The number of ether oxygens (including phenoxy) is 2. The van der Waals surface area contributed by atoms with Crippen LogP contribution in [-0.2, 0) is 20.7 Å². The number of nitrogens with zero attached hydrogens (tertiary/aromatic N) is 1. The molecule has 1 fully saturated rings. The molecule has 1 aliphatic heterocycles. The number of hydrogen-bond donors (Lipinski definition) is 0. The zero-order valence-corrected chi connectivity index (χ0v) is 11.7. The molecule has 0 amide bonds. The number of carbonyl (C=O) groups excluding carboxylic acids is 1. The first-order valence-corrected chi connectivity index (χ1v) is 6.83. The molecule has 4 nitrogen and oxygen atoms in total. The van der Waals surface area contributed by atoms with Gasteiger partial charge >= 0.3 is 5.97 Å². The molecule has 20 heavy (non-hydrogen) atoms. The van der Waals surface area contributed by atoms with Gasteiger partial charge in [0.05, 0.1) is 26.2 Å². The fourth-order valence-electron chi connectivity index (χ4n) is 2.36. The van der Waals surface area contributed by atoms with Gasteiger partial charge < -0.3 is 9.47 Å². The summed E-state index contributed by atoms with van der Waals surface area (Å²) in [7, 11) is 1.38. The van der Waals surface area contributed by atoms with Crippen LogP contribution in [0.2, 0.25) is 0 Å². The lowest BCUT2D eigenvalue weighted by molar-refractivity contribution is -0.145. The molecule has 0 unspecified atom stereocenters. The second-order valence-electron chi connectivity index (χ2n) is 4.92. The lowest BCUT2D eigenvalue weighted by Gasteiger charge is -2.32. The minimum Gasteiger partial charge on any atom is -0.469 e.